The molecule has 6 unspecified atom stereocenters. The molecular weight excluding hydrogens is 803 g/mol. The van der Waals surface area contributed by atoms with Gasteiger partial charge in [0.2, 0.25) is 0 Å². The molecule has 1 rings (SSSR count). The minimum absolute atomic E-state index is 0.0653. The number of carbonyl (C=O) groups is 2. The molecule has 1 aliphatic rings. The van der Waals surface area contributed by atoms with Gasteiger partial charge in [0.15, 0.2) is 6.10 Å². The first-order valence-corrected chi connectivity index (χ1v) is 24.2. The fourth-order valence-electron chi connectivity index (χ4n) is 6.31. The minimum atomic E-state index is -5.14. The van der Waals surface area contributed by atoms with Crippen LogP contribution in [0.4, 0.5) is 0 Å². The lowest BCUT2D eigenvalue weighted by Crippen LogP contribution is -2.64. The van der Waals surface area contributed by atoms with Gasteiger partial charge in [-0.05, 0) is 83.5 Å². The second kappa shape index (κ2) is 36.7. The SMILES string of the molecule is CCCCC/C=C/C/C=C/C/C=C/C/C=C/CCCC(=O)OC[C@@H](COP(=O)(O)OC1C(O)C(O)C(O)[C@H](O)C1O)OC(=O)CCCCCCC/C=C/C/C=C/CCCCC. The highest BCUT2D eigenvalue weighted by Gasteiger charge is 2.51. The van der Waals surface area contributed by atoms with E-state index in [9.17, 15) is 44.6 Å². The Bertz CT molecular complexity index is 1340. The molecule has 0 saturated heterocycles. The molecule has 1 aliphatic carbocycles. The van der Waals surface area contributed by atoms with E-state index in [0.717, 1.165) is 70.6 Å². The van der Waals surface area contributed by atoms with Crippen LogP contribution < -0.4 is 0 Å². The lowest BCUT2D eigenvalue weighted by molar-refractivity contribution is -0.220. The first kappa shape index (κ1) is 56.3. The monoisotopic (exact) mass is 883 g/mol. The van der Waals surface area contributed by atoms with E-state index >= 15 is 0 Å². The number of hydrogen-bond acceptors (Lipinski definition) is 12. The van der Waals surface area contributed by atoms with Crippen LogP contribution in [-0.4, -0.2) is 98.3 Å². The third kappa shape index (κ3) is 29.3. The van der Waals surface area contributed by atoms with Crippen molar-refractivity contribution in [2.45, 2.75) is 198 Å². The van der Waals surface area contributed by atoms with E-state index in [1.165, 1.54) is 38.5 Å². The summed E-state index contributed by atoms with van der Waals surface area (Å²) >= 11 is 0. The number of phosphoric ester groups is 1. The third-order valence-electron chi connectivity index (χ3n) is 10.0. The number of phosphoric acid groups is 1. The molecule has 13 nitrogen and oxygen atoms in total. The molecule has 0 heterocycles. The van der Waals surface area contributed by atoms with Gasteiger partial charge < -0.3 is 39.9 Å². The first-order chi connectivity index (χ1) is 29.4. The van der Waals surface area contributed by atoms with E-state index in [0.29, 0.717) is 19.3 Å². The zero-order valence-electron chi connectivity index (χ0n) is 36.9. The number of aliphatic hydroxyl groups is 5. The van der Waals surface area contributed by atoms with Gasteiger partial charge in [-0.1, -0.05) is 132 Å². The number of ether oxygens (including phenoxy) is 2. The van der Waals surface area contributed by atoms with E-state index < -0.39 is 75.7 Å². The van der Waals surface area contributed by atoms with Gasteiger partial charge in [0.05, 0.1) is 6.61 Å². The summed E-state index contributed by atoms with van der Waals surface area (Å²) in [6.07, 6.45) is 32.4. The summed E-state index contributed by atoms with van der Waals surface area (Å²) in [7, 11) is -5.14. The maximum absolute atomic E-state index is 12.8. The quantitative estimate of drug-likeness (QED) is 0.0151. The average molecular weight is 883 g/mol. The van der Waals surface area contributed by atoms with Crippen molar-refractivity contribution >= 4 is 19.8 Å². The predicted octanol–water partition coefficient (Wildman–Crippen LogP) is 8.72. The summed E-state index contributed by atoms with van der Waals surface area (Å²) in [5, 5.41) is 50.1. The summed E-state index contributed by atoms with van der Waals surface area (Å²) in [6, 6.07) is 0. The first-order valence-electron chi connectivity index (χ1n) is 22.7. The Morgan fingerprint density at radius 1 is 0.508 bits per heavy atom. The topological polar surface area (TPSA) is 210 Å². The maximum atomic E-state index is 12.8. The minimum Gasteiger partial charge on any atom is -0.462 e. The Balaban J connectivity index is 2.53. The number of rotatable bonds is 36. The molecule has 8 atom stereocenters. The van der Waals surface area contributed by atoms with Crippen LogP contribution >= 0.6 is 7.82 Å². The van der Waals surface area contributed by atoms with E-state index in [-0.39, 0.29) is 12.8 Å². The van der Waals surface area contributed by atoms with Crippen molar-refractivity contribution in [3.8, 4) is 0 Å². The van der Waals surface area contributed by atoms with Crippen LogP contribution in [0.1, 0.15) is 155 Å². The van der Waals surface area contributed by atoms with E-state index in [2.05, 4.69) is 74.6 Å². The van der Waals surface area contributed by atoms with Gasteiger partial charge in [-0.15, -0.1) is 0 Å². The maximum Gasteiger partial charge on any atom is 0.472 e. The van der Waals surface area contributed by atoms with Gasteiger partial charge in [0, 0.05) is 12.8 Å². The fraction of sp³-hybridized carbons (Fsp3) is 0.702. The summed E-state index contributed by atoms with van der Waals surface area (Å²) in [5.41, 5.74) is 0. The number of carbonyl (C=O) groups excluding carboxylic acids is 2. The largest absolute Gasteiger partial charge is 0.472 e. The Morgan fingerprint density at radius 3 is 1.39 bits per heavy atom. The van der Waals surface area contributed by atoms with E-state index in [4.69, 9.17) is 18.5 Å². The Kier molecular flexibility index (Phi) is 33.9. The molecule has 0 amide bonds. The zero-order valence-corrected chi connectivity index (χ0v) is 37.8. The van der Waals surface area contributed by atoms with Crippen LogP contribution in [0.3, 0.4) is 0 Å². The number of esters is 2. The van der Waals surface area contributed by atoms with Crippen molar-refractivity contribution in [3.05, 3.63) is 72.9 Å². The molecule has 14 heteroatoms. The van der Waals surface area contributed by atoms with E-state index in [1.54, 1.807) is 0 Å². The lowest BCUT2D eigenvalue weighted by atomic mass is 9.85. The van der Waals surface area contributed by atoms with Gasteiger partial charge in [-0.2, -0.15) is 0 Å². The normalized spacial score (nSPS) is 22.7. The smallest absolute Gasteiger partial charge is 0.462 e. The molecule has 0 aliphatic heterocycles. The molecule has 0 aromatic heterocycles. The summed E-state index contributed by atoms with van der Waals surface area (Å²) in [4.78, 5) is 35.6. The highest BCUT2D eigenvalue weighted by Crippen LogP contribution is 2.47. The van der Waals surface area contributed by atoms with Crippen molar-refractivity contribution in [2.24, 2.45) is 0 Å². The molecular formula is C47H79O13P. The van der Waals surface area contributed by atoms with Crippen LogP contribution in [0.5, 0.6) is 0 Å². The van der Waals surface area contributed by atoms with Crippen LogP contribution in [0.15, 0.2) is 72.9 Å². The van der Waals surface area contributed by atoms with Crippen LogP contribution in [0.2, 0.25) is 0 Å². The Labute approximate surface area is 365 Å². The highest BCUT2D eigenvalue weighted by molar-refractivity contribution is 7.47. The standard InChI is InChI=1S/C47H79O13P/c1-3-5-7-9-11-13-15-17-19-20-22-23-25-27-29-31-33-35-40(48)57-37-39(38-58-61(55,56)60-47-45(53)43(51)42(50)44(52)46(47)54)59-41(49)36-34-32-30-28-26-24-21-18-16-14-12-10-8-6-4-2/h11-14,17-19,21-23,27,29,39,42-47,50-54H,3-10,15-16,20,24-26,28,30-38H2,1-2H3,(H,55,56)/b13-11+,14-12+,19-17+,21-18+,23-22+,29-27+/t39-,42?,43-,44?,45?,46?,47?/m0/s1. The third-order valence-corrected chi connectivity index (χ3v) is 11.0. The lowest BCUT2D eigenvalue weighted by Gasteiger charge is -2.41. The fourth-order valence-corrected chi connectivity index (χ4v) is 7.28. The van der Waals surface area contributed by atoms with Crippen LogP contribution in [0, 0.1) is 0 Å². The number of hydrogen-bond donors (Lipinski definition) is 6. The van der Waals surface area contributed by atoms with E-state index in [1.807, 2.05) is 12.2 Å². The van der Waals surface area contributed by atoms with Crippen molar-refractivity contribution in [1.29, 1.82) is 0 Å². The molecule has 6 N–H and O–H groups in total. The molecule has 0 radical (unpaired) electrons. The van der Waals surface area contributed by atoms with Crippen LogP contribution in [-0.2, 0) is 32.7 Å². The van der Waals surface area contributed by atoms with Gasteiger partial charge in [0.1, 0.15) is 43.2 Å². The zero-order chi connectivity index (χ0) is 45.0. The van der Waals surface area contributed by atoms with Gasteiger partial charge in [0.25, 0.3) is 0 Å². The summed E-state index contributed by atoms with van der Waals surface area (Å²) < 4.78 is 33.4. The molecule has 0 aromatic rings. The number of aliphatic hydroxyl groups excluding tert-OH is 5. The molecule has 350 valence electrons. The molecule has 0 bridgehead atoms. The molecule has 0 spiro atoms. The molecule has 1 fully saturated rings. The average Bonchev–Trinajstić information content (AvgIpc) is 3.24. The number of unbranched alkanes of at least 4 members (excludes halogenated alkanes) is 12. The van der Waals surface area contributed by atoms with Gasteiger partial charge in [-0.25, -0.2) is 4.57 Å². The number of allylic oxidation sites excluding steroid dienone is 12. The van der Waals surface area contributed by atoms with Crippen LogP contribution in [0.25, 0.3) is 0 Å². The van der Waals surface area contributed by atoms with Gasteiger partial charge in [-0.3, -0.25) is 18.6 Å². The Morgan fingerprint density at radius 2 is 0.902 bits per heavy atom. The Hall–Kier alpha value is -2.71. The molecule has 1 saturated carbocycles. The van der Waals surface area contributed by atoms with Crippen molar-refractivity contribution in [2.75, 3.05) is 13.2 Å². The summed E-state index contributed by atoms with van der Waals surface area (Å²) in [6.45, 7) is 3.17. The van der Waals surface area contributed by atoms with Crippen molar-refractivity contribution in [1.82, 2.24) is 0 Å². The van der Waals surface area contributed by atoms with Gasteiger partial charge >= 0.3 is 19.8 Å². The second-order valence-corrected chi connectivity index (χ2v) is 16.9. The summed E-state index contributed by atoms with van der Waals surface area (Å²) in [5.74, 6) is -1.19. The second-order valence-electron chi connectivity index (χ2n) is 15.5. The van der Waals surface area contributed by atoms with Crippen molar-refractivity contribution in [3.63, 3.8) is 0 Å². The molecule has 61 heavy (non-hydrogen) atoms. The highest BCUT2D eigenvalue weighted by atomic mass is 31.2. The van der Waals surface area contributed by atoms with Crippen molar-refractivity contribution < 1.29 is 63.1 Å². The predicted molar refractivity (Wildman–Crippen MR) is 239 cm³/mol. The molecule has 0 aromatic carbocycles.